The fraction of sp³-hybridized carbons (Fsp3) is 0.182. The second-order valence-corrected chi connectivity index (χ2v) is 4.51. The highest BCUT2D eigenvalue weighted by Gasteiger charge is 2.29. The first-order valence-electron chi connectivity index (χ1n) is 4.91. The highest BCUT2D eigenvalue weighted by atomic mass is 79.9. The van der Waals surface area contributed by atoms with Gasteiger partial charge < -0.3 is 0 Å². The minimum absolute atomic E-state index is 0.209. The maximum atomic E-state index is 12.9. The lowest BCUT2D eigenvalue weighted by atomic mass is 10.1. The van der Waals surface area contributed by atoms with Crippen molar-refractivity contribution in [2.45, 2.75) is 12.7 Å². The number of rotatable bonds is 2. The summed E-state index contributed by atoms with van der Waals surface area (Å²) in [4.78, 5) is 0. The average molecular weight is 323 g/mol. The second-order valence-electron chi connectivity index (χ2n) is 3.66. The van der Waals surface area contributed by atoms with Gasteiger partial charge in [0.2, 0.25) is 5.95 Å². The van der Waals surface area contributed by atoms with Gasteiger partial charge in [-0.2, -0.15) is 17.6 Å². The predicted octanol–water partition coefficient (Wildman–Crippen LogP) is 3.85. The van der Waals surface area contributed by atoms with Crippen LogP contribution in [-0.4, -0.2) is 9.78 Å². The smallest absolute Gasteiger partial charge is 0.264 e. The van der Waals surface area contributed by atoms with E-state index in [2.05, 4.69) is 21.0 Å². The Morgan fingerprint density at radius 3 is 2.22 bits per heavy atom. The van der Waals surface area contributed by atoms with Crippen molar-refractivity contribution in [1.82, 2.24) is 9.78 Å². The molecule has 18 heavy (non-hydrogen) atoms. The van der Waals surface area contributed by atoms with Gasteiger partial charge in [0.05, 0.1) is 16.6 Å². The topological polar surface area (TPSA) is 17.8 Å². The first kappa shape index (κ1) is 13.1. The number of aromatic nitrogens is 2. The van der Waals surface area contributed by atoms with Crippen molar-refractivity contribution in [3.8, 4) is 0 Å². The lowest BCUT2D eigenvalue weighted by Gasteiger charge is -2.07. The van der Waals surface area contributed by atoms with Crippen LogP contribution in [0.3, 0.4) is 0 Å². The Kier molecular flexibility index (Phi) is 3.43. The highest BCUT2D eigenvalue weighted by molar-refractivity contribution is 9.10. The molecule has 0 saturated carbocycles. The Hall–Kier alpha value is -1.37. The van der Waals surface area contributed by atoms with Gasteiger partial charge in [0.15, 0.2) is 0 Å². The molecule has 96 valence electrons. The van der Waals surface area contributed by atoms with E-state index in [-0.39, 0.29) is 11.0 Å². The predicted molar refractivity (Wildman–Crippen MR) is 60.4 cm³/mol. The zero-order valence-corrected chi connectivity index (χ0v) is 10.5. The van der Waals surface area contributed by atoms with Crippen molar-refractivity contribution in [3.05, 3.63) is 52.0 Å². The summed E-state index contributed by atoms with van der Waals surface area (Å²) in [7, 11) is 0. The van der Waals surface area contributed by atoms with E-state index in [1.54, 1.807) is 0 Å². The van der Waals surface area contributed by atoms with E-state index in [9.17, 15) is 17.6 Å². The van der Waals surface area contributed by atoms with Crippen molar-refractivity contribution >= 4 is 15.9 Å². The fourth-order valence-electron chi connectivity index (χ4n) is 1.44. The van der Waals surface area contributed by atoms with Gasteiger partial charge in [0, 0.05) is 6.20 Å². The molecule has 0 unspecified atom stereocenters. The molecule has 1 aromatic heterocycles. The molecule has 0 aliphatic carbocycles. The van der Waals surface area contributed by atoms with Crippen molar-refractivity contribution in [2.24, 2.45) is 0 Å². The van der Waals surface area contributed by atoms with Crippen LogP contribution in [0.2, 0.25) is 0 Å². The molecule has 0 fully saturated rings. The largest absolute Gasteiger partial charge is 0.416 e. The summed E-state index contributed by atoms with van der Waals surface area (Å²) in [6.07, 6.45) is -2.92. The quantitative estimate of drug-likeness (QED) is 0.768. The van der Waals surface area contributed by atoms with E-state index in [4.69, 9.17) is 0 Å². The molecule has 0 saturated heterocycles. The van der Waals surface area contributed by atoms with Crippen LogP contribution in [-0.2, 0) is 12.7 Å². The Bertz CT molecular complexity index is 526. The molecular formula is C11H7BrF4N2. The van der Waals surface area contributed by atoms with Gasteiger partial charge in [-0.05, 0) is 33.6 Å². The van der Waals surface area contributed by atoms with Crippen LogP contribution >= 0.6 is 15.9 Å². The third-order valence-corrected chi connectivity index (χ3v) is 2.83. The molecule has 0 amide bonds. The van der Waals surface area contributed by atoms with Gasteiger partial charge in [0.1, 0.15) is 0 Å². The van der Waals surface area contributed by atoms with E-state index in [0.29, 0.717) is 5.56 Å². The Morgan fingerprint density at radius 2 is 1.78 bits per heavy atom. The van der Waals surface area contributed by atoms with Crippen LogP contribution in [0.25, 0.3) is 0 Å². The van der Waals surface area contributed by atoms with Gasteiger partial charge in [-0.25, -0.2) is 0 Å². The maximum absolute atomic E-state index is 12.9. The zero-order chi connectivity index (χ0) is 13.3. The average Bonchev–Trinajstić information content (AvgIpc) is 2.57. The lowest BCUT2D eigenvalue weighted by molar-refractivity contribution is -0.137. The summed E-state index contributed by atoms with van der Waals surface area (Å²) >= 11 is 2.96. The van der Waals surface area contributed by atoms with E-state index >= 15 is 0 Å². The highest BCUT2D eigenvalue weighted by Crippen LogP contribution is 2.29. The molecule has 2 nitrogen and oxygen atoms in total. The molecule has 0 bridgehead atoms. The van der Waals surface area contributed by atoms with Gasteiger partial charge >= 0.3 is 6.18 Å². The summed E-state index contributed by atoms with van der Waals surface area (Å²) in [6, 6.07) is 4.67. The SMILES string of the molecule is Fc1nn(Cc2ccc(C(F)(F)F)cc2)cc1Br. The summed E-state index contributed by atoms with van der Waals surface area (Å²) in [5.41, 5.74) is -0.0999. The van der Waals surface area contributed by atoms with Crippen LogP contribution in [0, 0.1) is 5.95 Å². The van der Waals surface area contributed by atoms with E-state index in [0.717, 1.165) is 12.1 Å². The van der Waals surface area contributed by atoms with Crippen molar-refractivity contribution < 1.29 is 17.6 Å². The van der Waals surface area contributed by atoms with Gasteiger partial charge in [-0.15, -0.1) is 5.10 Å². The van der Waals surface area contributed by atoms with Crippen molar-refractivity contribution in [2.75, 3.05) is 0 Å². The third-order valence-electron chi connectivity index (χ3n) is 2.30. The fourth-order valence-corrected chi connectivity index (χ4v) is 1.76. The molecule has 7 heteroatoms. The monoisotopic (exact) mass is 322 g/mol. The van der Waals surface area contributed by atoms with Crippen LogP contribution < -0.4 is 0 Å². The van der Waals surface area contributed by atoms with Gasteiger partial charge in [-0.1, -0.05) is 12.1 Å². The minimum atomic E-state index is -4.35. The summed E-state index contributed by atoms with van der Waals surface area (Å²) in [5, 5.41) is 3.56. The number of nitrogens with zero attached hydrogens (tertiary/aromatic N) is 2. The van der Waals surface area contributed by atoms with E-state index in [1.807, 2.05) is 0 Å². The molecule has 2 aromatic rings. The summed E-state index contributed by atoms with van der Waals surface area (Å²) < 4.78 is 51.4. The summed E-state index contributed by atoms with van der Waals surface area (Å²) in [6.45, 7) is 0.209. The number of halogens is 5. The van der Waals surface area contributed by atoms with Crippen LogP contribution in [0.1, 0.15) is 11.1 Å². The molecule has 1 heterocycles. The Labute approximate surface area is 108 Å². The third kappa shape index (κ3) is 2.90. The maximum Gasteiger partial charge on any atom is 0.416 e. The van der Waals surface area contributed by atoms with Crippen molar-refractivity contribution in [1.29, 1.82) is 0 Å². The molecular weight excluding hydrogens is 316 g/mol. The number of hydrogen-bond acceptors (Lipinski definition) is 1. The molecule has 0 aliphatic rings. The molecule has 0 atom stereocenters. The van der Waals surface area contributed by atoms with E-state index in [1.165, 1.54) is 23.0 Å². The molecule has 0 N–H and O–H groups in total. The number of benzene rings is 1. The molecule has 0 radical (unpaired) electrons. The second kappa shape index (κ2) is 4.72. The van der Waals surface area contributed by atoms with Crippen LogP contribution in [0.5, 0.6) is 0 Å². The Balaban J connectivity index is 2.16. The molecule has 0 aliphatic heterocycles. The molecule has 0 spiro atoms. The normalized spacial score (nSPS) is 11.8. The molecule has 2 rings (SSSR count). The lowest BCUT2D eigenvalue weighted by Crippen LogP contribution is -2.05. The molecule has 1 aromatic carbocycles. The van der Waals surface area contributed by atoms with E-state index < -0.39 is 17.7 Å². The van der Waals surface area contributed by atoms with Gasteiger partial charge in [-0.3, -0.25) is 4.68 Å². The van der Waals surface area contributed by atoms with Crippen molar-refractivity contribution in [3.63, 3.8) is 0 Å². The van der Waals surface area contributed by atoms with Gasteiger partial charge in [0.25, 0.3) is 0 Å². The summed E-state index contributed by atoms with van der Waals surface area (Å²) in [5.74, 6) is -0.651. The first-order valence-corrected chi connectivity index (χ1v) is 5.70. The van der Waals surface area contributed by atoms with Crippen LogP contribution in [0.4, 0.5) is 17.6 Å². The zero-order valence-electron chi connectivity index (χ0n) is 8.88. The standard InChI is InChI=1S/C11H7BrF4N2/c12-9-6-18(17-10(9)13)5-7-1-3-8(4-2-7)11(14,15)16/h1-4,6H,5H2. The number of alkyl halides is 3. The Morgan fingerprint density at radius 1 is 1.17 bits per heavy atom. The first-order chi connectivity index (χ1) is 8.36. The minimum Gasteiger partial charge on any atom is -0.264 e. The van der Waals surface area contributed by atoms with Crippen LogP contribution in [0.15, 0.2) is 34.9 Å². The number of hydrogen-bond donors (Lipinski definition) is 0.